The summed E-state index contributed by atoms with van der Waals surface area (Å²) in [4.78, 5) is 0. The van der Waals surface area contributed by atoms with E-state index in [4.69, 9.17) is 0 Å². The van der Waals surface area contributed by atoms with Gasteiger partial charge < -0.3 is 9.84 Å². The van der Waals surface area contributed by atoms with Gasteiger partial charge in [0.25, 0.3) is 0 Å². The van der Waals surface area contributed by atoms with Crippen LogP contribution in [-0.4, -0.2) is 11.7 Å². The SMILES string of the molecule is CCC(CC)CC(O)c1ccccc1OC(F)F. The van der Waals surface area contributed by atoms with E-state index in [9.17, 15) is 13.9 Å². The fourth-order valence-corrected chi connectivity index (χ4v) is 2.02. The molecule has 102 valence electrons. The van der Waals surface area contributed by atoms with Gasteiger partial charge in [0.05, 0.1) is 6.10 Å². The molecule has 0 saturated heterocycles. The van der Waals surface area contributed by atoms with Crippen molar-refractivity contribution in [2.75, 3.05) is 0 Å². The smallest absolute Gasteiger partial charge is 0.387 e. The monoisotopic (exact) mass is 258 g/mol. The minimum atomic E-state index is -2.87. The molecule has 1 rings (SSSR count). The van der Waals surface area contributed by atoms with Crippen molar-refractivity contribution in [3.05, 3.63) is 29.8 Å². The Labute approximate surface area is 107 Å². The van der Waals surface area contributed by atoms with Crippen molar-refractivity contribution >= 4 is 0 Å². The summed E-state index contributed by atoms with van der Waals surface area (Å²) in [6.07, 6.45) is 1.73. The molecule has 1 aromatic rings. The number of halogens is 2. The molecule has 18 heavy (non-hydrogen) atoms. The predicted octanol–water partition coefficient (Wildman–Crippen LogP) is 4.15. The molecule has 0 radical (unpaired) electrons. The highest BCUT2D eigenvalue weighted by Crippen LogP contribution is 2.31. The lowest BCUT2D eigenvalue weighted by atomic mass is 9.92. The van der Waals surface area contributed by atoms with Crippen LogP contribution < -0.4 is 4.74 Å². The molecule has 1 N–H and O–H groups in total. The first-order valence-electron chi connectivity index (χ1n) is 6.30. The summed E-state index contributed by atoms with van der Waals surface area (Å²) < 4.78 is 28.9. The van der Waals surface area contributed by atoms with Crippen molar-refractivity contribution in [2.24, 2.45) is 5.92 Å². The molecule has 0 heterocycles. The fourth-order valence-electron chi connectivity index (χ4n) is 2.02. The predicted molar refractivity (Wildman–Crippen MR) is 66.7 cm³/mol. The average molecular weight is 258 g/mol. The van der Waals surface area contributed by atoms with E-state index in [2.05, 4.69) is 18.6 Å². The number of ether oxygens (including phenoxy) is 1. The molecule has 0 fully saturated rings. The molecule has 0 spiro atoms. The zero-order chi connectivity index (χ0) is 13.5. The van der Waals surface area contributed by atoms with Gasteiger partial charge in [-0.1, -0.05) is 44.9 Å². The summed E-state index contributed by atoms with van der Waals surface area (Å²) >= 11 is 0. The van der Waals surface area contributed by atoms with Crippen molar-refractivity contribution in [1.82, 2.24) is 0 Å². The maximum Gasteiger partial charge on any atom is 0.387 e. The van der Waals surface area contributed by atoms with Crippen LogP contribution in [0.5, 0.6) is 5.75 Å². The standard InChI is InChI=1S/C14H20F2O2/c1-3-10(4-2)9-12(17)11-7-5-6-8-13(11)18-14(15)16/h5-8,10,12,14,17H,3-4,9H2,1-2H3. The van der Waals surface area contributed by atoms with Crippen LogP contribution in [0.1, 0.15) is 44.8 Å². The highest BCUT2D eigenvalue weighted by Gasteiger charge is 2.18. The Morgan fingerprint density at radius 2 is 1.78 bits per heavy atom. The van der Waals surface area contributed by atoms with Crippen LogP contribution in [0.3, 0.4) is 0 Å². The van der Waals surface area contributed by atoms with Crippen molar-refractivity contribution in [2.45, 2.75) is 45.8 Å². The van der Waals surface area contributed by atoms with Crippen LogP contribution >= 0.6 is 0 Å². The Kier molecular flexibility index (Phi) is 6.05. The first-order chi connectivity index (χ1) is 8.58. The van der Waals surface area contributed by atoms with Gasteiger partial charge in [0.1, 0.15) is 5.75 Å². The molecule has 2 nitrogen and oxygen atoms in total. The summed E-state index contributed by atoms with van der Waals surface area (Å²) in [6, 6.07) is 6.41. The normalized spacial score (nSPS) is 13.1. The number of hydrogen-bond donors (Lipinski definition) is 1. The Morgan fingerprint density at radius 3 is 2.33 bits per heavy atom. The van der Waals surface area contributed by atoms with Crippen molar-refractivity contribution < 1.29 is 18.6 Å². The maximum atomic E-state index is 12.3. The quantitative estimate of drug-likeness (QED) is 0.796. The van der Waals surface area contributed by atoms with Gasteiger partial charge in [0, 0.05) is 5.56 Å². The molecule has 0 aliphatic heterocycles. The molecule has 1 unspecified atom stereocenters. The minimum Gasteiger partial charge on any atom is -0.434 e. The van der Waals surface area contributed by atoms with E-state index in [1.54, 1.807) is 18.2 Å². The second-order valence-electron chi connectivity index (χ2n) is 4.35. The summed E-state index contributed by atoms with van der Waals surface area (Å²) in [5, 5.41) is 10.1. The number of aliphatic hydroxyl groups excluding tert-OH is 1. The minimum absolute atomic E-state index is 0.0611. The van der Waals surface area contributed by atoms with Crippen molar-refractivity contribution in [1.29, 1.82) is 0 Å². The second-order valence-corrected chi connectivity index (χ2v) is 4.35. The highest BCUT2D eigenvalue weighted by atomic mass is 19.3. The molecule has 0 saturated carbocycles. The van der Waals surface area contributed by atoms with E-state index in [0.717, 1.165) is 12.8 Å². The van der Waals surface area contributed by atoms with Crippen LogP contribution in [0.25, 0.3) is 0 Å². The first kappa shape index (κ1) is 14.9. The zero-order valence-electron chi connectivity index (χ0n) is 10.8. The molecular formula is C14H20F2O2. The van der Waals surface area contributed by atoms with Gasteiger partial charge in [-0.2, -0.15) is 8.78 Å². The summed E-state index contributed by atoms with van der Waals surface area (Å²) in [7, 11) is 0. The molecule has 1 aromatic carbocycles. The van der Waals surface area contributed by atoms with E-state index in [1.807, 2.05) is 0 Å². The topological polar surface area (TPSA) is 29.5 Å². The van der Waals surface area contributed by atoms with E-state index >= 15 is 0 Å². The first-order valence-corrected chi connectivity index (χ1v) is 6.30. The van der Waals surface area contributed by atoms with Gasteiger partial charge in [0.15, 0.2) is 0 Å². The highest BCUT2D eigenvalue weighted by molar-refractivity contribution is 5.35. The molecule has 0 bridgehead atoms. The van der Waals surface area contributed by atoms with Crippen LogP contribution in [0.2, 0.25) is 0 Å². The third-order valence-corrected chi connectivity index (χ3v) is 3.21. The number of aliphatic hydroxyl groups is 1. The number of benzene rings is 1. The number of alkyl halides is 2. The van der Waals surface area contributed by atoms with Crippen molar-refractivity contribution in [3.63, 3.8) is 0 Å². The van der Waals surface area contributed by atoms with Gasteiger partial charge >= 0.3 is 6.61 Å². The Morgan fingerprint density at radius 1 is 1.17 bits per heavy atom. The third kappa shape index (κ3) is 4.26. The van der Waals surface area contributed by atoms with Crippen LogP contribution in [0, 0.1) is 5.92 Å². The third-order valence-electron chi connectivity index (χ3n) is 3.21. The molecule has 0 aliphatic carbocycles. The molecular weight excluding hydrogens is 238 g/mol. The van der Waals surface area contributed by atoms with Crippen LogP contribution in [0.15, 0.2) is 24.3 Å². The van der Waals surface area contributed by atoms with Gasteiger partial charge in [-0.25, -0.2) is 0 Å². The van der Waals surface area contributed by atoms with Gasteiger partial charge in [-0.05, 0) is 18.4 Å². The number of hydrogen-bond acceptors (Lipinski definition) is 2. The van der Waals surface area contributed by atoms with Gasteiger partial charge in [0.2, 0.25) is 0 Å². The van der Waals surface area contributed by atoms with Gasteiger partial charge in [-0.3, -0.25) is 0 Å². The van der Waals surface area contributed by atoms with E-state index in [0.29, 0.717) is 17.9 Å². The maximum absolute atomic E-state index is 12.3. The average Bonchev–Trinajstić information content (AvgIpc) is 2.35. The molecule has 0 aliphatic rings. The second kappa shape index (κ2) is 7.31. The molecule has 0 amide bonds. The van der Waals surface area contributed by atoms with E-state index < -0.39 is 12.7 Å². The zero-order valence-corrected chi connectivity index (χ0v) is 10.8. The molecule has 4 heteroatoms. The summed E-state index contributed by atoms with van der Waals surface area (Å²) in [5.41, 5.74) is 0.435. The molecule has 1 atom stereocenters. The van der Waals surface area contributed by atoms with Crippen LogP contribution in [-0.2, 0) is 0 Å². The Bertz CT molecular complexity index is 351. The largest absolute Gasteiger partial charge is 0.434 e. The Balaban J connectivity index is 2.80. The number of rotatable bonds is 7. The number of para-hydroxylation sites is 1. The summed E-state index contributed by atoms with van der Waals surface area (Å²) in [5.74, 6) is 0.450. The summed E-state index contributed by atoms with van der Waals surface area (Å²) in [6.45, 7) is 1.25. The Hall–Kier alpha value is -1.16. The fraction of sp³-hybridized carbons (Fsp3) is 0.571. The van der Waals surface area contributed by atoms with Gasteiger partial charge in [-0.15, -0.1) is 0 Å². The van der Waals surface area contributed by atoms with Crippen molar-refractivity contribution in [3.8, 4) is 5.75 Å². The van der Waals surface area contributed by atoms with E-state index in [1.165, 1.54) is 6.07 Å². The lowest BCUT2D eigenvalue weighted by Crippen LogP contribution is -2.10. The van der Waals surface area contributed by atoms with E-state index in [-0.39, 0.29) is 5.75 Å². The lowest BCUT2D eigenvalue weighted by molar-refractivity contribution is -0.0517. The molecule has 0 aromatic heterocycles. The van der Waals surface area contributed by atoms with Crippen LogP contribution in [0.4, 0.5) is 8.78 Å². The lowest BCUT2D eigenvalue weighted by Gasteiger charge is -2.20.